The summed E-state index contributed by atoms with van der Waals surface area (Å²) in [5, 5.41) is 10.2. The monoisotopic (exact) mass is 474 g/mol. The smallest absolute Gasteiger partial charge is 0.118 e. The number of fused-ring (bicyclic) bond motifs is 4. The molecule has 0 amide bonds. The highest BCUT2D eigenvalue weighted by Gasteiger charge is 2.25. The van der Waals surface area contributed by atoms with Gasteiger partial charge >= 0.3 is 0 Å². The number of ether oxygens (including phenoxy) is 1. The highest BCUT2D eigenvalue weighted by molar-refractivity contribution is 6.07. The zero-order valence-electron chi connectivity index (χ0n) is 20.7. The molecule has 1 heteroatoms. The van der Waals surface area contributed by atoms with Gasteiger partial charge in [-0.3, -0.25) is 0 Å². The van der Waals surface area contributed by atoms with Crippen LogP contribution in [0.25, 0.3) is 43.1 Å². The Morgan fingerprint density at radius 2 is 0.784 bits per heavy atom. The average molecular weight is 475 g/mol. The lowest BCUT2D eigenvalue weighted by Crippen LogP contribution is -2.07. The van der Waals surface area contributed by atoms with E-state index >= 15 is 0 Å². The van der Waals surface area contributed by atoms with Crippen LogP contribution in [-0.4, -0.2) is 7.11 Å². The first kappa shape index (κ1) is 21.6. The first-order valence-electron chi connectivity index (χ1n) is 12.8. The largest absolute Gasteiger partial charge is 0.497 e. The Hall–Kier alpha value is -4.62. The molecule has 0 aliphatic carbocycles. The van der Waals surface area contributed by atoms with Gasteiger partial charge in [0.15, 0.2) is 0 Å². The Labute approximate surface area is 216 Å². The maximum Gasteiger partial charge on any atom is 0.118 e. The zero-order valence-corrected chi connectivity index (χ0v) is 20.7. The second kappa shape index (κ2) is 8.80. The second-order valence-corrected chi connectivity index (χ2v) is 9.67. The van der Waals surface area contributed by atoms with Crippen molar-refractivity contribution < 1.29 is 4.74 Å². The standard InChI is InChI=1S/C36H26O/c1-37-29-20-18-24(19-21-29)34(35-30-14-6-2-10-25(30)22-26-11-3-7-15-31(26)35)36-32-16-8-4-12-27(32)23-28-13-5-9-17-33(28)36/h2-23,34H,1H3. The number of hydrogen-bond acceptors (Lipinski definition) is 1. The summed E-state index contributed by atoms with van der Waals surface area (Å²) in [6.45, 7) is 0. The molecule has 0 fully saturated rings. The molecule has 0 aliphatic rings. The third kappa shape index (κ3) is 3.55. The van der Waals surface area contributed by atoms with Crippen LogP contribution in [0.4, 0.5) is 0 Å². The number of methoxy groups -OCH3 is 1. The molecule has 0 saturated heterocycles. The van der Waals surface area contributed by atoms with Gasteiger partial charge < -0.3 is 4.74 Å². The van der Waals surface area contributed by atoms with E-state index in [0.717, 1.165) is 5.75 Å². The van der Waals surface area contributed by atoms with Crippen molar-refractivity contribution in [3.8, 4) is 5.75 Å². The number of hydrogen-bond donors (Lipinski definition) is 0. The summed E-state index contributed by atoms with van der Waals surface area (Å²) >= 11 is 0. The van der Waals surface area contributed by atoms with Gasteiger partial charge in [-0.25, -0.2) is 0 Å². The van der Waals surface area contributed by atoms with Crippen LogP contribution in [0, 0.1) is 0 Å². The summed E-state index contributed by atoms with van der Waals surface area (Å²) in [7, 11) is 1.73. The van der Waals surface area contributed by atoms with Gasteiger partial charge in [0.1, 0.15) is 5.75 Å². The third-order valence-corrected chi connectivity index (χ3v) is 7.65. The maximum absolute atomic E-state index is 5.54. The van der Waals surface area contributed by atoms with Crippen molar-refractivity contribution in [3.05, 3.63) is 150 Å². The van der Waals surface area contributed by atoms with Gasteiger partial charge in [0.05, 0.1) is 7.11 Å². The summed E-state index contributed by atoms with van der Waals surface area (Å²) < 4.78 is 5.54. The van der Waals surface area contributed by atoms with E-state index in [0.29, 0.717) is 0 Å². The summed E-state index contributed by atoms with van der Waals surface area (Å²) in [5.41, 5.74) is 3.95. The van der Waals surface area contributed by atoms with Crippen LogP contribution in [0.2, 0.25) is 0 Å². The van der Waals surface area contributed by atoms with Crippen LogP contribution in [0.1, 0.15) is 22.6 Å². The fourth-order valence-corrected chi connectivity index (χ4v) is 5.99. The lowest BCUT2D eigenvalue weighted by Gasteiger charge is -2.26. The lowest BCUT2D eigenvalue weighted by atomic mass is 9.77. The minimum Gasteiger partial charge on any atom is -0.497 e. The van der Waals surface area contributed by atoms with Gasteiger partial charge in [0.2, 0.25) is 0 Å². The van der Waals surface area contributed by atoms with Crippen LogP contribution in [0.5, 0.6) is 5.75 Å². The van der Waals surface area contributed by atoms with Crippen molar-refractivity contribution in [1.29, 1.82) is 0 Å². The fraction of sp³-hybridized carbons (Fsp3) is 0.0556. The molecule has 0 bridgehead atoms. The Morgan fingerprint density at radius 1 is 0.432 bits per heavy atom. The van der Waals surface area contributed by atoms with E-state index in [-0.39, 0.29) is 5.92 Å². The molecule has 0 saturated carbocycles. The molecule has 7 rings (SSSR count). The molecule has 0 aromatic heterocycles. The van der Waals surface area contributed by atoms with Crippen LogP contribution in [0.15, 0.2) is 133 Å². The SMILES string of the molecule is COc1ccc(C(c2c3ccccc3cc3ccccc23)c2c3ccccc3cc3ccccc23)cc1. The maximum atomic E-state index is 5.54. The van der Waals surface area contributed by atoms with E-state index in [1.165, 1.54) is 59.8 Å². The van der Waals surface area contributed by atoms with Crippen LogP contribution in [0.3, 0.4) is 0 Å². The van der Waals surface area contributed by atoms with Gasteiger partial charge in [-0.1, -0.05) is 109 Å². The van der Waals surface area contributed by atoms with Gasteiger partial charge in [-0.2, -0.15) is 0 Å². The van der Waals surface area contributed by atoms with Gasteiger partial charge in [0.25, 0.3) is 0 Å². The van der Waals surface area contributed by atoms with Crippen molar-refractivity contribution in [3.63, 3.8) is 0 Å². The average Bonchev–Trinajstić information content (AvgIpc) is 2.96. The van der Waals surface area contributed by atoms with Gasteiger partial charge in [-0.15, -0.1) is 0 Å². The topological polar surface area (TPSA) is 9.23 Å². The zero-order chi connectivity index (χ0) is 24.8. The number of rotatable bonds is 4. The fourth-order valence-electron chi connectivity index (χ4n) is 5.99. The minimum absolute atomic E-state index is 0.0258. The molecule has 0 spiro atoms. The molecule has 176 valence electrons. The predicted octanol–water partition coefficient (Wildman–Crippen LogP) is 9.49. The van der Waals surface area contributed by atoms with E-state index in [4.69, 9.17) is 4.74 Å². The molecular weight excluding hydrogens is 448 g/mol. The molecule has 7 aromatic carbocycles. The molecule has 0 N–H and O–H groups in total. The van der Waals surface area contributed by atoms with Crippen molar-refractivity contribution >= 4 is 43.1 Å². The molecule has 0 unspecified atom stereocenters. The van der Waals surface area contributed by atoms with Crippen LogP contribution >= 0.6 is 0 Å². The molecule has 7 aromatic rings. The Bertz CT molecular complexity index is 1690. The van der Waals surface area contributed by atoms with Crippen LogP contribution in [-0.2, 0) is 0 Å². The predicted molar refractivity (Wildman–Crippen MR) is 157 cm³/mol. The molecule has 0 heterocycles. The highest BCUT2D eigenvalue weighted by Crippen LogP contribution is 2.45. The second-order valence-electron chi connectivity index (χ2n) is 9.67. The Balaban J connectivity index is 1.70. The van der Waals surface area contributed by atoms with E-state index in [1.54, 1.807) is 7.11 Å². The molecule has 1 nitrogen and oxygen atoms in total. The molecule has 0 aliphatic heterocycles. The normalized spacial score (nSPS) is 11.6. The van der Waals surface area contributed by atoms with Crippen LogP contribution < -0.4 is 4.74 Å². The molecule has 0 radical (unpaired) electrons. The van der Waals surface area contributed by atoms with E-state index in [1.807, 2.05) is 0 Å². The van der Waals surface area contributed by atoms with Crippen molar-refractivity contribution in [2.75, 3.05) is 7.11 Å². The van der Waals surface area contributed by atoms with Crippen molar-refractivity contribution in [2.24, 2.45) is 0 Å². The third-order valence-electron chi connectivity index (χ3n) is 7.65. The van der Waals surface area contributed by atoms with Crippen molar-refractivity contribution in [2.45, 2.75) is 5.92 Å². The molecular formula is C36H26O. The van der Waals surface area contributed by atoms with E-state index in [9.17, 15) is 0 Å². The molecule has 37 heavy (non-hydrogen) atoms. The molecule has 0 atom stereocenters. The minimum atomic E-state index is 0.0258. The summed E-state index contributed by atoms with van der Waals surface area (Å²) in [5.74, 6) is 0.894. The number of benzene rings is 7. The first-order chi connectivity index (χ1) is 18.3. The Kier molecular flexibility index (Phi) is 5.15. The van der Waals surface area contributed by atoms with Gasteiger partial charge in [0, 0.05) is 5.92 Å². The van der Waals surface area contributed by atoms with Gasteiger partial charge in [-0.05, 0) is 84.0 Å². The summed E-state index contributed by atoms with van der Waals surface area (Å²) in [6, 6.07) is 48.5. The first-order valence-corrected chi connectivity index (χ1v) is 12.8. The summed E-state index contributed by atoms with van der Waals surface area (Å²) in [6.07, 6.45) is 0. The highest BCUT2D eigenvalue weighted by atomic mass is 16.5. The lowest BCUT2D eigenvalue weighted by molar-refractivity contribution is 0.414. The van der Waals surface area contributed by atoms with Crippen molar-refractivity contribution in [1.82, 2.24) is 0 Å². The van der Waals surface area contributed by atoms with E-state index in [2.05, 4.69) is 133 Å². The quantitative estimate of drug-likeness (QED) is 0.182. The summed E-state index contributed by atoms with van der Waals surface area (Å²) in [4.78, 5) is 0. The van der Waals surface area contributed by atoms with E-state index < -0.39 is 0 Å². The Morgan fingerprint density at radius 3 is 1.14 bits per heavy atom.